The normalized spacial score (nSPS) is 20.0. The highest BCUT2D eigenvalue weighted by Crippen LogP contribution is 2.27. The van der Waals surface area contributed by atoms with Crippen LogP contribution in [-0.4, -0.2) is 39.4 Å². The fourth-order valence-corrected chi connectivity index (χ4v) is 3.46. The molecule has 1 fully saturated rings. The summed E-state index contributed by atoms with van der Waals surface area (Å²) in [4.78, 5) is 26.3. The van der Waals surface area contributed by atoms with Gasteiger partial charge in [-0.2, -0.15) is 0 Å². The monoisotopic (exact) mass is 342 g/mol. The molecule has 124 valence electrons. The number of likely N-dealkylation sites (tertiary alicyclic amines) is 1. The van der Waals surface area contributed by atoms with Gasteiger partial charge in [0.1, 0.15) is 5.82 Å². The summed E-state index contributed by atoms with van der Waals surface area (Å²) in [6.07, 6.45) is 3.39. The number of amides is 1. The van der Waals surface area contributed by atoms with Crippen LogP contribution in [0.5, 0.6) is 0 Å². The average molecular weight is 342 g/mol. The number of aromatic nitrogens is 2. The summed E-state index contributed by atoms with van der Waals surface area (Å²) in [6, 6.07) is 4.31. The van der Waals surface area contributed by atoms with E-state index in [-0.39, 0.29) is 5.91 Å². The Kier molecular flexibility index (Phi) is 4.74. The van der Waals surface area contributed by atoms with Gasteiger partial charge in [0.15, 0.2) is 5.13 Å². The minimum atomic E-state index is -0.103. The number of pyridine rings is 1. The number of rotatable bonds is 5. The molecule has 3 heterocycles. The highest BCUT2D eigenvalue weighted by atomic mass is 32.1. The lowest BCUT2D eigenvalue weighted by Gasteiger charge is -2.46. The molecule has 0 radical (unpaired) electrons. The van der Waals surface area contributed by atoms with Crippen molar-refractivity contribution < 1.29 is 4.79 Å². The molecule has 24 heavy (non-hydrogen) atoms. The van der Waals surface area contributed by atoms with Gasteiger partial charge in [0.25, 0.3) is 0 Å². The summed E-state index contributed by atoms with van der Waals surface area (Å²) in [7, 11) is 0. The molecule has 3 rings (SSSR count). The molecule has 0 aliphatic carbocycles. The number of thiazole rings is 1. The standard InChI is InChI=1S/C16H18N6OS/c1-10-14(21-15-5-4-12(17-3)6-18-15)9-22(10)8-13-7-19-16(24-13)20-11(2)23/h4-7,10,14H,8-9H2,1-2H3,(H,18,21)(H,19,20,23)/t10-,14-/m1/s1. The van der Waals surface area contributed by atoms with E-state index in [2.05, 4.69) is 37.3 Å². The number of anilines is 2. The van der Waals surface area contributed by atoms with Crippen molar-refractivity contribution in [3.63, 3.8) is 0 Å². The van der Waals surface area contributed by atoms with Crippen molar-refractivity contribution in [1.82, 2.24) is 14.9 Å². The van der Waals surface area contributed by atoms with E-state index in [0.29, 0.717) is 22.9 Å². The van der Waals surface area contributed by atoms with Crippen LogP contribution in [0.1, 0.15) is 18.7 Å². The Morgan fingerprint density at radius 1 is 1.46 bits per heavy atom. The molecule has 2 aromatic rings. The topological polar surface area (TPSA) is 74.5 Å². The van der Waals surface area contributed by atoms with E-state index in [1.807, 2.05) is 12.3 Å². The van der Waals surface area contributed by atoms with E-state index in [9.17, 15) is 4.79 Å². The molecular weight excluding hydrogens is 324 g/mol. The van der Waals surface area contributed by atoms with Crippen LogP contribution in [0.4, 0.5) is 16.6 Å². The first-order valence-electron chi connectivity index (χ1n) is 7.61. The summed E-state index contributed by atoms with van der Waals surface area (Å²) in [5.74, 6) is 0.693. The van der Waals surface area contributed by atoms with E-state index < -0.39 is 0 Å². The van der Waals surface area contributed by atoms with Gasteiger partial charge in [-0.15, -0.1) is 11.3 Å². The summed E-state index contributed by atoms with van der Waals surface area (Å²) in [5.41, 5.74) is 0.545. The first-order valence-corrected chi connectivity index (χ1v) is 8.43. The van der Waals surface area contributed by atoms with Gasteiger partial charge < -0.3 is 10.6 Å². The third-order valence-corrected chi connectivity index (χ3v) is 4.89. The van der Waals surface area contributed by atoms with E-state index in [1.165, 1.54) is 18.3 Å². The third-order valence-electron chi connectivity index (χ3n) is 4.00. The van der Waals surface area contributed by atoms with Gasteiger partial charge in [0.05, 0.1) is 12.6 Å². The van der Waals surface area contributed by atoms with Gasteiger partial charge in [-0.1, -0.05) is 6.07 Å². The molecule has 1 amide bonds. The number of nitrogens with zero attached hydrogens (tertiary/aromatic N) is 4. The summed E-state index contributed by atoms with van der Waals surface area (Å²) in [5, 5.41) is 6.75. The molecule has 7 nitrogen and oxygen atoms in total. The second-order valence-corrected chi connectivity index (χ2v) is 6.86. The van der Waals surface area contributed by atoms with Crippen molar-refractivity contribution in [1.29, 1.82) is 0 Å². The second-order valence-electron chi connectivity index (χ2n) is 5.75. The third kappa shape index (κ3) is 3.69. The van der Waals surface area contributed by atoms with Crippen LogP contribution in [0.2, 0.25) is 0 Å². The Labute approximate surface area is 144 Å². The van der Waals surface area contributed by atoms with Crippen LogP contribution >= 0.6 is 11.3 Å². The number of hydrogen-bond acceptors (Lipinski definition) is 6. The maximum atomic E-state index is 11.0. The van der Waals surface area contributed by atoms with Gasteiger partial charge in [0, 0.05) is 43.3 Å². The van der Waals surface area contributed by atoms with E-state index >= 15 is 0 Å². The summed E-state index contributed by atoms with van der Waals surface area (Å²) < 4.78 is 0. The van der Waals surface area contributed by atoms with Crippen LogP contribution in [-0.2, 0) is 11.3 Å². The Bertz CT molecular complexity index is 766. The molecule has 0 aromatic carbocycles. The Morgan fingerprint density at radius 2 is 2.29 bits per heavy atom. The molecule has 1 aliphatic rings. The van der Waals surface area contributed by atoms with Crippen molar-refractivity contribution in [3.8, 4) is 0 Å². The maximum Gasteiger partial charge on any atom is 0.223 e. The molecule has 0 saturated carbocycles. The van der Waals surface area contributed by atoms with Crippen LogP contribution in [0, 0.1) is 6.57 Å². The predicted molar refractivity (Wildman–Crippen MR) is 94.2 cm³/mol. The van der Waals surface area contributed by atoms with Crippen LogP contribution in [0.15, 0.2) is 24.5 Å². The van der Waals surface area contributed by atoms with Crippen LogP contribution in [0.25, 0.3) is 4.85 Å². The van der Waals surface area contributed by atoms with Gasteiger partial charge in [-0.25, -0.2) is 9.83 Å². The zero-order chi connectivity index (χ0) is 17.1. The Morgan fingerprint density at radius 3 is 2.92 bits per heavy atom. The number of nitrogens with one attached hydrogen (secondary N) is 2. The SMILES string of the molecule is [C-]#[N+]c1ccc(N[C@@H]2CN(Cc3cnc(NC(C)=O)s3)[C@@H]2C)nc1. The number of carbonyl (C=O) groups is 1. The average Bonchev–Trinajstić information content (AvgIpc) is 3.00. The molecule has 1 aliphatic heterocycles. The number of hydrogen-bond donors (Lipinski definition) is 2. The molecule has 0 bridgehead atoms. The Balaban J connectivity index is 1.51. The first-order chi connectivity index (χ1) is 11.5. The van der Waals surface area contributed by atoms with Gasteiger partial charge in [-0.05, 0) is 13.0 Å². The van der Waals surface area contributed by atoms with Crippen LogP contribution in [0.3, 0.4) is 0 Å². The fraction of sp³-hybridized carbons (Fsp3) is 0.375. The minimum Gasteiger partial charge on any atom is -0.365 e. The van der Waals surface area contributed by atoms with Crippen molar-refractivity contribution in [2.24, 2.45) is 0 Å². The predicted octanol–water partition coefficient (Wildman–Crippen LogP) is 2.73. The summed E-state index contributed by atoms with van der Waals surface area (Å²) >= 11 is 1.50. The van der Waals surface area contributed by atoms with Crippen molar-refractivity contribution >= 4 is 33.9 Å². The second kappa shape index (κ2) is 6.95. The molecule has 8 heteroatoms. The van der Waals surface area contributed by atoms with E-state index in [1.54, 1.807) is 12.3 Å². The zero-order valence-corrected chi connectivity index (χ0v) is 14.3. The Hall–Kier alpha value is -2.50. The maximum absolute atomic E-state index is 11.0. The lowest BCUT2D eigenvalue weighted by atomic mass is 9.98. The number of carbonyl (C=O) groups excluding carboxylic acids is 1. The van der Waals surface area contributed by atoms with Crippen molar-refractivity contribution in [2.75, 3.05) is 17.2 Å². The quantitative estimate of drug-likeness (QED) is 0.817. The summed E-state index contributed by atoms with van der Waals surface area (Å²) in [6.45, 7) is 12.3. The van der Waals surface area contributed by atoms with Crippen molar-refractivity contribution in [2.45, 2.75) is 32.5 Å². The molecule has 1 saturated heterocycles. The molecule has 2 N–H and O–H groups in total. The van der Waals surface area contributed by atoms with Crippen LogP contribution < -0.4 is 10.6 Å². The lowest BCUT2D eigenvalue weighted by Crippen LogP contribution is -2.61. The van der Waals surface area contributed by atoms with Gasteiger partial charge in [0.2, 0.25) is 11.6 Å². The van der Waals surface area contributed by atoms with Gasteiger partial charge in [-0.3, -0.25) is 14.7 Å². The van der Waals surface area contributed by atoms with Crippen molar-refractivity contribution in [3.05, 3.63) is 40.8 Å². The highest BCUT2D eigenvalue weighted by Gasteiger charge is 2.35. The van der Waals surface area contributed by atoms with E-state index in [4.69, 9.17) is 6.57 Å². The van der Waals surface area contributed by atoms with E-state index in [0.717, 1.165) is 23.8 Å². The zero-order valence-electron chi connectivity index (χ0n) is 13.5. The molecule has 0 unspecified atom stereocenters. The first kappa shape index (κ1) is 16.4. The molecule has 2 atom stereocenters. The lowest BCUT2D eigenvalue weighted by molar-refractivity contribution is -0.114. The molecular formula is C16H18N6OS. The molecule has 2 aromatic heterocycles. The minimum absolute atomic E-state index is 0.103. The fourth-order valence-electron chi connectivity index (χ4n) is 2.58. The smallest absolute Gasteiger partial charge is 0.223 e. The van der Waals surface area contributed by atoms with Gasteiger partial charge >= 0.3 is 0 Å². The highest BCUT2D eigenvalue weighted by molar-refractivity contribution is 7.15. The largest absolute Gasteiger partial charge is 0.365 e. The molecule has 0 spiro atoms.